The highest BCUT2D eigenvalue weighted by Gasteiger charge is 2.19. The third kappa shape index (κ3) is 5.64. The lowest BCUT2D eigenvalue weighted by Crippen LogP contribution is -2.38. The molecule has 0 aliphatic carbocycles. The molecule has 0 spiro atoms. The minimum atomic E-state index is -0.103. The second-order valence-electron chi connectivity index (χ2n) is 8.20. The smallest absolute Gasteiger partial charge is 0.240 e. The first-order valence-electron chi connectivity index (χ1n) is 10.8. The Morgan fingerprint density at radius 1 is 1.03 bits per heavy atom. The Balaban J connectivity index is 1.60. The van der Waals surface area contributed by atoms with Crippen molar-refractivity contribution >= 4 is 23.5 Å². The molecule has 0 bridgehead atoms. The average Bonchev–Trinajstić information content (AvgIpc) is 2.81. The van der Waals surface area contributed by atoms with E-state index in [9.17, 15) is 4.79 Å². The maximum absolute atomic E-state index is 12.7. The van der Waals surface area contributed by atoms with Crippen LogP contribution in [0.5, 0.6) is 5.75 Å². The van der Waals surface area contributed by atoms with Crippen LogP contribution < -0.4 is 10.1 Å². The van der Waals surface area contributed by atoms with Gasteiger partial charge in [-0.1, -0.05) is 30.7 Å². The van der Waals surface area contributed by atoms with Crippen molar-refractivity contribution in [2.75, 3.05) is 32.1 Å². The van der Waals surface area contributed by atoms with Crippen LogP contribution in [0, 0.1) is 5.92 Å². The van der Waals surface area contributed by atoms with Gasteiger partial charge in [0.05, 0.1) is 25.0 Å². The zero-order valence-corrected chi connectivity index (χ0v) is 19.1. The summed E-state index contributed by atoms with van der Waals surface area (Å²) in [5, 5.41) is 3.56. The zero-order valence-electron chi connectivity index (χ0n) is 18.3. The fourth-order valence-corrected chi connectivity index (χ4v) is 3.89. The summed E-state index contributed by atoms with van der Waals surface area (Å²) >= 11 is 6.05. The van der Waals surface area contributed by atoms with Crippen molar-refractivity contribution in [2.45, 2.75) is 19.8 Å². The van der Waals surface area contributed by atoms with Gasteiger partial charge in [-0.05, 0) is 74.3 Å². The molecular weight excluding hydrogens is 424 g/mol. The summed E-state index contributed by atoms with van der Waals surface area (Å²) in [4.78, 5) is 24.1. The Morgan fingerprint density at radius 2 is 1.59 bits per heavy atom. The van der Waals surface area contributed by atoms with Gasteiger partial charge in [-0.25, -0.2) is 9.97 Å². The van der Waals surface area contributed by atoms with Crippen molar-refractivity contribution in [2.24, 2.45) is 5.92 Å². The lowest BCUT2D eigenvalue weighted by molar-refractivity contribution is -0.117. The fraction of sp³-hybridized carbons (Fsp3) is 0.320. The summed E-state index contributed by atoms with van der Waals surface area (Å²) in [6.45, 7) is 4.49. The summed E-state index contributed by atoms with van der Waals surface area (Å²) < 4.78 is 5.26. The Kier molecular flexibility index (Phi) is 7.02. The normalized spacial score (nSPS) is 14.8. The lowest BCUT2D eigenvalue weighted by atomic mass is 9.99. The van der Waals surface area contributed by atoms with Crippen LogP contribution in [0.2, 0.25) is 5.02 Å². The number of rotatable bonds is 6. The molecule has 7 heteroatoms. The van der Waals surface area contributed by atoms with Crippen LogP contribution in [0.25, 0.3) is 22.5 Å². The molecule has 0 atom stereocenters. The van der Waals surface area contributed by atoms with E-state index < -0.39 is 0 Å². The summed E-state index contributed by atoms with van der Waals surface area (Å²) in [6, 6.07) is 17.0. The average molecular weight is 451 g/mol. The van der Waals surface area contributed by atoms with E-state index in [2.05, 4.69) is 27.1 Å². The molecule has 1 aromatic heterocycles. The van der Waals surface area contributed by atoms with Crippen LogP contribution in [0.1, 0.15) is 19.8 Å². The van der Waals surface area contributed by atoms with Crippen molar-refractivity contribution < 1.29 is 9.53 Å². The number of carbonyl (C=O) groups is 1. The molecule has 1 aliphatic heterocycles. The molecule has 3 aromatic rings. The number of aromatic nitrogens is 2. The maximum atomic E-state index is 12.7. The minimum absolute atomic E-state index is 0.103. The van der Waals surface area contributed by atoms with Gasteiger partial charge < -0.3 is 4.74 Å². The quantitative estimate of drug-likeness (QED) is 0.563. The standard InChI is InChI=1S/C25H27ClN4O2/c1-17-11-13-30(14-12-17)16-24(31)29-25-27-22(18-3-7-20(26)8-4-18)15-23(28-25)19-5-9-21(32-2)10-6-19/h3-10,15,17H,11-14,16H2,1-2H3,(H,27,28,29,31). The predicted molar refractivity (Wildman–Crippen MR) is 128 cm³/mol. The molecule has 0 saturated carbocycles. The van der Waals surface area contributed by atoms with Gasteiger partial charge in [0.15, 0.2) is 0 Å². The highest BCUT2D eigenvalue weighted by molar-refractivity contribution is 6.30. The zero-order chi connectivity index (χ0) is 22.5. The fourth-order valence-electron chi connectivity index (χ4n) is 3.77. The van der Waals surface area contributed by atoms with E-state index in [0.29, 0.717) is 23.2 Å². The number of carbonyl (C=O) groups excluding carboxylic acids is 1. The number of halogens is 1. The molecular formula is C25H27ClN4O2. The lowest BCUT2D eigenvalue weighted by Gasteiger charge is -2.29. The number of nitrogens with zero attached hydrogens (tertiary/aromatic N) is 3. The van der Waals surface area contributed by atoms with E-state index >= 15 is 0 Å². The molecule has 0 unspecified atom stereocenters. The molecule has 1 aliphatic rings. The maximum Gasteiger partial charge on any atom is 0.240 e. The summed E-state index contributed by atoms with van der Waals surface area (Å²) in [5.74, 6) is 1.68. The van der Waals surface area contributed by atoms with Crippen LogP contribution in [0.3, 0.4) is 0 Å². The Morgan fingerprint density at radius 3 is 2.16 bits per heavy atom. The number of anilines is 1. The molecule has 2 heterocycles. The molecule has 6 nitrogen and oxygen atoms in total. The molecule has 166 valence electrons. The second-order valence-corrected chi connectivity index (χ2v) is 8.64. The molecule has 1 N–H and O–H groups in total. The van der Waals surface area contributed by atoms with E-state index in [-0.39, 0.29) is 5.91 Å². The Labute approximate surface area is 193 Å². The molecule has 32 heavy (non-hydrogen) atoms. The van der Waals surface area contributed by atoms with Crippen molar-refractivity contribution in [3.05, 3.63) is 59.6 Å². The Bertz CT molecular complexity index is 1060. The summed E-state index contributed by atoms with van der Waals surface area (Å²) in [5.41, 5.74) is 3.23. The summed E-state index contributed by atoms with van der Waals surface area (Å²) in [6.07, 6.45) is 2.24. The molecule has 4 rings (SSSR count). The topological polar surface area (TPSA) is 67.3 Å². The van der Waals surface area contributed by atoms with Crippen molar-refractivity contribution in [1.82, 2.24) is 14.9 Å². The highest BCUT2D eigenvalue weighted by atomic mass is 35.5. The van der Waals surface area contributed by atoms with E-state index in [0.717, 1.165) is 54.4 Å². The number of amides is 1. The van der Waals surface area contributed by atoms with Gasteiger partial charge in [-0.2, -0.15) is 0 Å². The van der Waals surface area contributed by atoms with Crippen molar-refractivity contribution in [3.8, 4) is 28.3 Å². The molecule has 0 radical (unpaired) electrons. The van der Waals surface area contributed by atoms with Crippen molar-refractivity contribution in [1.29, 1.82) is 0 Å². The summed E-state index contributed by atoms with van der Waals surface area (Å²) in [7, 11) is 1.63. The van der Waals surface area contributed by atoms with Crippen LogP contribution in [-0.4, -0.2) is 47.5 Å². The second kappa shape index (κ2) is 10.1. The van der Waals surface area contributed by atoms with E-state index in [1.54, 1.807) is 7.11 Å². The monoisotopic (exact) mass is 450 g/mol. The molecule has 1 fully saturated rings. The number of methoxy groups -OCH3 is 1. The SMILES string of the molecule is COc1ccc(-c2cc(-c3ccc(Cl)cc3)nc(NC(=O)CN3CCC(C)CC3)n2)cc1. The van der Waals surface area contributed by atoms with Gasteiger partial charge in [0.2, 0.25) is 11.9 Å². The number of nitrogens with one attached hydrogen (secondary N) is 1. The predicted octanol–water partition coefficient (Wildman–Crippen LogP) is 5.14. The first-order valence-corrected chi connectivity index (χ1v) is 11.2. The van der Waals surface area contributed by atoms with Gasteiger partial charge in [0, 0.05) is 16.1 Å². The number of hydrogen-bond acceptors (Lipinski definition) is 5. The Hall–Kier alpha value is -2.96. The molecule has 1 saturated heterocycles. The van der Waals surface area contributed by atoms with Gasteiger partial charge in [0.25, 0.3) is 0 Å². The van der Waals surface area contributed by atoms with Crippen LogP contribution in [0.4, 0.5) is 5.95 Å². The number of piperidine rings is 1. The first-order chi connectivity index (χ1) is 15.5. The first kappa shape index (κ1) is 22.2. The largest absolute Gasteiger partial charge is 0.497 e. The third-order valence-electron chi connectivity index (χ3n) is 5.75. The van der Waals surface area contributed by atoms with Crippen LogP contribution in [0.15, 0.2) is 54.6 Å². The van der Waals surface area contributed by atoms with E-state index in [4.69, 9.17) is 16.3 Å². The van der Waals surface area contributed by atoms with Gasteiger partial charge in [-0.3, -0.25) is 15.0 Å². The van der Waals surface area contributed by atoms with Gasteiger partial charge in [-0.15, -0.1) is 0 Å². The number of likely N-dealkylation sites (tertiary alicyclic amines) is 1. The van der Waals surface area contributed by atoms with Gasteiger partial charge >= 0.3 is 0 Å². The van der Waals surface area contributed by atoms with E-state index in [1.165, 1.54) is 0 Å². The van der Waals surface area contributed by atoms with Gasteiger partial charge in [0.1, 0.15) is 5.75 Å². The highest BCUT2D eigenvalue weighted by Crippen LogP contribution is 2.27. The van der Waals surface area contributed by atoms with Crippen molar-refractivity contribution in [3.63, 3.8) is 0 Å². The third-order valence-corrected chi connectivity index (χ3v) is 6.00. The number of hydrogen-bond donors (Lipinski definition) is 1. The molecule has 2 aromatic carbocycles. The minimum Gasteiger partial charge on any atom is -0.497 e. The van der Waals surface area contributed by atoms with Crippen LogP contribution >= 0.6 is 11.6 Å². The van der Waals surface area contributed by atoms with Crippen LogP contribution in [-0.2, 0) is 4.79 Å². The van der Waals surface area contributed by atoms with E-state index in [1.807, 2.05) is 54.6 Å². The number of ether oxygens (including phenoxy) is 1. The number of benzene rings is 2. The molecule has 1 amide bonds.